The molecule has 3 aliphatic carbocycles. The molecule has 80 valence electrons. The highest BCUT2D eigenvalue weighted by Crippen LogP contribution is 2.60. The third-order valence-electron chi connectivity index (χ3n) is 3.78. The van der Waals surface area contributed by atoms with E-state index in [1.807, 2.05) is 13.8 Å². The van der Waals surface area contributed by atoms with Crippen LogP contribution in [-0.4, -0.2) is 0 Å². The average molecular weight is 192 g/mol. The number of allylic oxidation sites excluding steroid dienone is 2. The van der Waals surface area contributed by atoms with Gasteiger partial charge < -0.3 is 0 Å². The summed E-state index contributed by atoms with van der Waals surface area (Å²) in [5.41, 5.74) is 3.29. The maximum absolute atomic E-state index is 4.13. The maximum atomic E-state index is 4.13. The molecule has 0 heteroatoms. The van der Waals surface area contributed by atoms with Gasteiger partial charge in [0.2, 0.25) is 0 Å². The molecule has 2 bridgehead atoms. The Labute approximate surface area is 89.1 Å². The van der Waals surface area contributed by atoms with Gasteiger partial charge in [-0.25, -0.2) is 0 Å². The molecule has 0 radical (unpaired) electrons. The van der Waals surface area contributed by atoms with Gasteiger partial charge in [-0.2, -0.15) is 0 Å². The number of hydrogen-bond donors (Lipinski definition) is 0. The summed E-state index contributed by atoms with van der Waals surface area (Å²) in [5.74, 6) is 1.88. The van der Waals surface area contributed by atoms with Gasteiger partial charge >= 0.3 is 0 Å². The average Bonchev–Trinajstić information content (AvgIpc) is 2.02. The molecule has 0 N–H and O–H groups in total. The van der Waals surface area contributed by atoms with Gasteiger partial charge in [0.05, 0.1) is 0 Å². The van der Waals surface area contributed by atoms with E-state index in [0.717, 1.165) is 11.8 Å². The van der Waals surface area contributed by atoms with Crippen molar-refractivity contribution < 1.29 is 0 Å². The van der Waals surface area contributed by atoms with Crippen LogP contribution in [0.3, 0.4) is 0 Å². The molecule has 0 aliphatic heterocycles. The number of rotatable bonds is 0. The third-order valence-corrected chi connectivity index (χ3v) is 3.78. The topological polar surface area (TPSA) is 0 Å². The van der Waals surface area contributed by atoms with Crippen LogP contribution in [0.4, 0.5) is 0 Å². The van der Waals surface area contributed by atoms with Crippen molar-refractivity contribution in [3.8, 4) is 0 Å². The van der Waals surface area contributed by atoms with E-state index in [1.54, 1.807) is 0 Å². The van der Waals surface area contributed by atoms with Gasteiger partial charge in [0.15, 0.2) is 0 Å². The van der Waals surface area contributed by atoms with E-state index in [1.165, 1.54) is 30.4 Å². The molecule has 3 fully saturated rings. The smallest absolute Gasteiger partial charge is 0.0149 e. The number of hydrogen-bond acceptors (Lipinski definition) is 0. The van der Waals surface area contributed by atoms with E-state index < -0.39 is 0 Å². The van der Waals surface area contributed by atoms with E-state index in [9.17, 15) is 0 Å². The molecule has 0 heterocycles. The van der Waals surface area contributed by atoms with E-state index in [0.29, 0.717) is 5.41 Å². The second kappa shape index (κ2) is 3.92. The van der Waals surface area contributed by atoms with Crippen LogP contribution in [0, 0.1) is 17.3 Å². The lowest BCUT2D eigenvalue weighted by Crippen LogP contribution is -2.48. The van der Waals surface area contributed by atoms with Gasteiger partial charge in [0.1, 0.15) is 0 Å². The minimum absolute atomic E-state index is 0.606. The molecule has 0 nitrogen and oxygen atoms in total. The standard InChI is InChI=1S/C10H16.C4H8/c1-7-4-5-8-6-9(7)10(8,2)3;1-4(2)3/h8-9H,1,4-6H2,2-3H3;1H2,2-3H3. The number of fused-ring (bicyclic) bond motifs is 2. The Morgan fingerprint density at radius 2 is 1.86 bits per heavy atom. The Morgan fingerprint density at radius 1 is 1.36 bits per heavy atom. The Balaban J connectivity index is 0.000000213. The molecule has 0 aromatic heterocycles. The summed E-state index contributed by atoms with van der Waals surface area (Å²) in [7, 11) is 0. The zero-order valence-electron chi connectivity index (χ0n) is 10.2. The van der Waals surface area contributed by atoms with Crippen LogP contribution in [0.1, 0.15) is 47.0 Å². The highest BCUT2D eigenvalue weighted by molar-refractivity contribution is 5.18. The highest BCUT2D eigenvalue weighted by Gasteiger charge is 2.51. The van der Waals surface area contributed by atoms with Crippen molar-refractivity contribution in [3.63, 3.8) is 0 Å². The molecule has 0 aromatic rings. The van der Waals surface area contributed by atoms with E-state index in [2.05, 4.69) is 27.0 Å². The fraction of sp³-hybridized carbons (Fsp3) is 0.714. The Bertz CT molecular complexity index is 239. The van der Waals surface area contributed by atoms with Crippen molar-refractivity contribution in [2.75, 3.05) is 0 Å². The third kappa shape index (κ3) is 2.10. The molecule has 14 heavy (non-hydrogen) atoms. The summed E-state index contributed by atoms with van der Waals surface area (Å²) in [6.45, 7) is 16.4. The predicted octanol–water partition coefficient (Wildman–Crippen LogP) is 4.58. The van der Waals surface area contributed by atoms with Crippen molar-refractivity contribution in [1.29, 1.82) is 0 Å². The van der Waals surface area contributed by atoms with Crippen LogP contribution in [0.15, 0.2) is 24.3 Å². The van der Waals surface area contributed by atoms with Gasteiger partial charge in [-0.1, -0.05) is 31.6 Å². The molecule has 0 saturated heterocycles. The first-order valence-electron chi connectivity index (χ1n) is 5.65. The van der Waals surface area contributed by atoms with Gasteiger partial charge in [-0.3, -0.25) is 0 Å². The Kier molecular flexibility index (Phi) is 3.24. The van der Waals surface area contributed by atoms with Crippen LogP contribution in [-0.2, 0) is 0 Å². The monoisotopic (exact) mass is 192 g/mol. The van der Waals surface area contributed by atoms with Crippen LogP contribution < -0.4 is 0 Å². The molecule has 2 atom stereocenters. The zero-order valence-corrected chi connectivity index (χ0v) is 10.2. The van der Waals surface area contributed by atoms with Crippen molar-refractivity contribution >= 4 is 0 Å². The minimum Gasteiger partial charge on any atom is -0.100 e. The maximum Gasteiger partial charge on any atom is -0.0149 e. The Morgan fingerprint density at radius 3 is 2.07 bits per heavy atom. The first kappa shape index (κ1) is 11.6. The van der Waals surface area contributed by atoms with Crippen LogP contribution in [0.25, 0.3) is 0 Å². The quantitative estimate of drug-likeness (QED) is 0.493. The summed E-state index contributed by atoms with van der Waals surface area (Å²) >= 11 is 0. The first-order chi connectivity index (χ1) is 6.35. The van der Waals surface area contributed by atoms with E-state index in [4.69, 9.17) is 0 Å². The van der Waals surface area contributed by atoms with E-state index in [-0.39, 0.29) is 0 Å². The van der Waals surface area contributed by atoms with Crippen molar-refractivity contribution in [1.82, 2.24) is 0 Å². The van der Waals surface area contributed by atoms with Gasteiger partial charge in [-0.15, -0.1) is 6.58 Å². The second-order valence-electron chi connectivity index (χ2n) is 5.71. The summed E-state index contributed by atoms with van der Waals surface area (Å²) in [6, 6.07) is 0. The lowest BCUT2D eigenvalue weighted by molar-refractivity contribution is -0.0273. The summed E-state index contributed by atoms with van der Waals surface area (Å²) < 4.78 is 0. The molecule has 2 unspecified atom stereocenters. The zero-order chi connectivity index (χ0) is 10.9. The highest BCUT2D eigenvalue weighted by atomic mass is 14.6. The molecular formula is C14H24. The summed E-state index contributed by atoms with van der Waals surface area (Å²) in [5, 5.41) is 0. The lowest BCUT2D eigenvalue weighted by Gasteiger charge is -2.57. The van der Waals surface area contributed by atoms with Crippen LogP contribution in [0.5, 0.6) is 0 Å². The summed E-state index contributed by atoms with van der Waals surface area (Å²) in [4.78, 5) is 0. The normalized spacial score (nSPS) is 32.4. The molecule has 3 rings (SSSR count). The SMILES string of the molecule is C=C(C)C.C=C1CCC2CC1C2(C)C. The predicted molar refractivity (Wildman–Crippen MR) is 64.2 cm³/mol. The molecule has 0 amide bonds. The van der Waals surface area contributed by atoms with Crippen LogP contribution in [0.2, 0.25) is 0 Å². The fourth-order valence-electron chi connectivity index (χ4n) is 2.73. The van der Waals surface area contributed by atoms with Crippen LogP contribution >= 0.6 is 0 Å². The Hall–Kier alpha value is -0.520. The second-order valence-corrected chi connectivity index (χ2v) is 5.71. The lowest BCUT2D eigenvalue weighted by atomic mass is 9.47. The fourth-order valence-corrected chi connectivity index (χ4v) is 2.73. The minimum atomic E-state index is 0.606. The van der Waals surface area contributed by atoms with Gasteiger partial charge in [0, 0.05) is 0 Å². The molecular weight excluding hydrogens is 168 g/mol. The summed E-state index contributed by atoms with van der Waals surface area (Å²) in [6.07, 6.45) is 4.15. The molecule has 0 aromatic carbocycles. The largest absolute Gasteiger partial charge is 0.100 e. The van der Waals surface area contributed by atoms with Gasteiger partial charge in [0.25, 0.3) is 0 Å². The molecule has 3 saturated carbocycles. The first-order valence-corrected chi connectivity index (χ1v) is 5.65. The van der Waals surface area contributed by atoms with Gasteiger partial charge in [-0.05, 0) is 50.4 Å². The van der Waals surface area contributed by atoms with Crippen molar-refractivity contribution in [2.45, 2.75) is 47.0 Å². The van der Waals surface area contributed by atoms with Crippen molar-refractivity contribution in [3.05, 3.63) is 24.3 Å². The molecule has 3 aliphatic rings. The van der Waals surface area contributed by atoms with E-state index >= 15 is 0 Å². The van der Waals surface area contributed by atoms with Crippen molar-refractivity contribution in [2.24, 2.45) is 17.3 Å². The molecule has 0 spiro atoms.